The fourth-order valence-corrected chi connectivity index (χ4v) is 7.13. The molecule has 0 saturated carbocycles. The highest BCUT2D eigenvalue weighted by Crippen LogP contribution is 2.32. The first-order chi connectivity index (χ1) is 15.4. The third kappa shape index (κ3) is 4.96. The molecule has 11 heteroatoms. The second-order valence-corrected chi connectivity index (χ2v) is 11.8. The predicted molar refractivity (Wildman–Crippen MR) is 129 cm³/mol. The third-order valence-corrected chi connectivity index (χ3v) is 9.86. The largest absolute Gasteiger partial charge is 0.378 e. The lowest BCUT2D eigenvalue weighted by atomic mass is 10.1. The summed E-state index contributed by atoms with van der Waals surface area (Å²) < 4.78 is 34.5. The van der Waals surface area contributed by atoms with Crippen molar-refractivity contribution in [2.45, 2.75) is 35.3 Å². The van der Waals surface area contributed by atoms with Crippen LogP contribution in [0.2, 0.25) is 0 Å². The molecular formula is C21H28N4O4S3. The van der Waals surface area contributed by atoms with Crippen molar-refractivity contribution in [2.75, 3.05) is 55.9 Å². The molecule has 0 atom stereocenters. The van der Waals surface area contributed by atoms with Gasteiger partial charge in [0.2, 0.25) is 10.0 Å². The van der Waals surface area contributed by atoms with E-state index in [4.69, 9.17) is 4.74 Å². The minimum atomic E-state index is -3.65. The van der Waals surface area contributed by atoms with Gasteiger partial charge >= 0.3 is 0 Å². The van der Waals surface area contributed by atoms with E-state index in [2.05, 4.69) is 15.2 Å². The number of nitrogens with one attached hydrogen (secondary N) is 1. The van der Waals surface area contributed by atoms with Crippen LogP contribution in [0.4, 0.5) is 10.8 Å². The number of nitrogens with zero attached hydrogens (tertiary/aromatic N) is 3. The highest BCUT2D eigenvalue weighted by Gasteiger charge is 2.29. The Morgan fingerprint density at radius 2 is 1.88 bits per heavy atom. The van der Waals surface area contributed by atoms with Crippen molar-refractivity contribution in [2.24, 2.45) is 0 Å². The molecular weight excluding hydrogens is 468 g/mol. The zero-order valence-electron chi connectivity index (χ0n) is 18.3. The molecule has 1 N–H and O–H groups in total. The van der Waals surface area contributed by atoms with Crippen LogP contribution < -0.4 is 10.2 Å². The number of amides is 1. The molecule has 1 amide bonds. The molecule has 0 unspecified atom stereocenters. The van der Waals surface area contributed by atoms with E-state index in [9.17, 15) is 13.2 Å². The summed E-state index contributed by atoms with van der Waals surface area (Å²) in [7, 11) is -3.65. The maximum absolute atomic E-state index is 13.3. The molecule has 1 aromatic heterocycles. The van der Waals surface area contributed by atoms with E-state index in [0.717, 1.165) is 29.2 Å². The standard InChI is InChI=1S/C21H28N4O4S3/c1-15-20(30-2)31-21(22-15)23-19(26)17-14-16(32(27,28)25-8-4-3-5-9-25)6-7-18(17)24-10-12-29-13-11-24/h6-7,14H,3-5,8-13H2,1-2H3,(H,22,23,26). The van der Waals surface area contributed by atoms with E-state index >= 15 is 0 Å². The van der Waals surface area contributed by atoms with Crippen molar-refractivity contribution < 1.29 is 17.9 Å². The number of carbonyl (C=O) groups is 1. The molecule has 0 bridgehead atoms. The number of piperidine rings is 1. The Hall–Kier alpha value is -1.66. The van der Waals surface area contributed by atoms with Gasteiger partial charge in [-0.25, -0.2) is 13.4 Å². The first kappa shape index (κ1) is 23.5. The van der Waals surface area contributed by atoms with Gasteiger partial charge in [0.25, 0.3) is 5.91 Å². The molecule has 0 spiro atoms. The Kier molecular flexibility index (Phi) is 7.40. The van der Waals surface area contributed by atoms with Crippen LogP contribution in [-0.2, 0) is 14.8 Å². The molecule has 8 nitrogen and oxygen atoms in total. The number of hydrogen-bond donors (Lipinski definition) is 1. The number of ether oxygens (including phenoxy) is 1. The van der Waals surface area contributed by atoms with Crippen LogP contribution in [0.5, 0.6) is 0 Å². The molecule has 0 radical (unpaired) electrons. The van der Waals surface area contributed by atoms with E-state index in [-0.39, 0.29) is 10.8 Å². The quantitative estimate of drug-likeness (QED) is 0.613. The molecule has 2 aliphatic rings. The van der Waals surface area contributed by atoms with E-state index in [1.807, 2.05) is 13.2 Å². The topological polar surface area (TPSA) is 91.8 Å². The molecule has 32 heavy (non-hydrogen) atoms. The zero-order chi connectivity index (χ0) is 22.7. The van der Waals surface area contributed by atoms with Gasteiger partial charge in [0.05, 0.1) is 33.6 Å². The summed E-state index contributed by atoms with van der Waals surface area (Å²) in [4.78, 5) is 20.0. The van der Waals surface area contributed by atoms with Gasteiger partial charge < -0.3 is 9.64 Å². The molecule has 0 aliphatic carbocycles. The summed E-state index contributed by atoms with van der Waals surface area (Å²) in [5.41, 5.74) is 1.91. The van der Waals surface area contributed by atoms with Crippen LogP contribution in [0.3, 0.4) is 0 Å². The Morgan fingerprint density at radius 1 is 1.16 bits per heavy atom. The number of carbonyl (C=O) groups excluding carboxylic acids is 1. The van der Waals surface area contributed by atoms with Crippen molar-refractivity contribution >= 4 is 49.8 Å². The van der Waals surface area contributed by atoms with Gasteiger partial charge in [0, 0.05) is 31.9 Å². The minimum absolute atomic E-state index is 0.154. The number of hydrogen-bond acceptors (Lipinski definition) is 8. The third-order valence-electron chi connectivity index (χ3n) is 5.68. The number of sulfonamides is 1. The number of anilines is 2. The van der Waals surface area contributed by atoms with Gasteiger partial charge in [-0.3, -0.25) is 10.1 Å². The van der Waals surface area contributed by atoms with Crippen molar-refractivity contribution in [3.05, 3.63) is 29.5 Å². The fourth-order valence-electron chi connectivity index (χ4n) is 3.98. The molecule has 3 heterocycles. The number of aryl methyl sites for hydroxylation is 1. The monoisotopic (exact) mass is 496 g/mol. The normalized spacial score (nSPS) is 18.0. The van der Waals surface area contributed by atoms with Crippen LogP contribution >= 0.6 is 23.1 Å². The van der Waals surface area contributed by atoms with E-state index in [1.54, 1.807) is 23.9 Å². The van der Waals surface area contributed by atoms with Crippen LogP contribution in [0.15, 0.2) is 27.3 Å². The van der Waals surface area contributed by atoms with Crippen LogP contribution in [0.25, 0.3) is 0 Å². The van der Waals surface area contributed by atoms with E-state index in [0.29, 0.717) is 55.8 Å². The number of thiazole rings is 1. The number of benzene rings is 1. The molecule has 2 aromatic rings. The lowest BCUT2D eigenvalue weighted by molar-refractivity contribution is 0.102. The minimum Gasteiger partial charge on any atom is -0.378 e. The summed E-state index contributed by atoms with van der Waals surface area (Å²) in [6, 6.07) is 4.88. The van der Waals surface area contributed by atoms with Crippen molar-refractivity contribution in [1.29, 1.82) is 0 Å². The first-order valence-electron chi connectivity index (χ1n) is 10.7. The highest BCUT2D eigenvalue weighted by molar-refractivity contribution is 8.00. The Balaban J connectivity index is 1.69. The summed E-state index contributed by atoms with van der Waals surface area (Å²) >= 11 is 3.00. The van der Waals surface area contributed by atoms with Crippen LogP contribution in [0.1, 0.15) is 35.3 Å². The average Bonchev–Trinajstić information content (AvgIpc) is 3.18. The number of aromatic nitrogens is 1. The van der Waals surface area contributed by atoms with E-state index < -0.39 is 10.0 Å². The maximum Gasteiger partial charge on any atom is 0.259 e. The first-order valence-corrected chi connectivity index (χ1v) is 14.2. The van der Waals surface area contributed by atoms with Gasteiger partial charge in [-0.2, -0.15) is 4.31 Å². The predicted octanol–water partition coefficient (Wildman–Crippen LogP) is 3.44. The average molecular weight is 497 g/mol. The SMILES string of the molecule is CSc1sc(NC(=O)c2cc(S(=O)(=O)N3CCCCC3)ccc2N2CCOCC2)nc1C. The Bertz CT molecular complexity index is 1070. The molecule has 4 rings (SSSR count). The molecule has 2 saturated heterocycles. The lowest BCUT2D eigenvalue weighted by Crippen LogP contribution is -2.38. The second-order valence-electron chi connectivity index (χ2n) is 7.79. The van der Waals surface area contributed by atoms with Gasteiger partial charge in [-0.1, -0.05) is 17.8 Å². The smallest absolute Gasteiger partial charge is 0.259 e. The molecule has 1 aromatic carbocycles. The van der Waals surface area contributed by atoms with Crippen molar-refractivity contribution in [3.63, 3.8) is 0 Å². The number of rotatable bonds is 6. The Labute approximate surface area is 197 Å². The Morgan fingerprint density at radius 3 is 2.53 bits per heavy atom. The van der Waals surface area contributed by atoms with Gasteiger partial charge in [0.1, 0.15) is 0 Å². The summed E-state index contributed by atoms with van der Waals surface area (Å²) in [6.45, 7) is 5.37. The van der Waals surface area contributed by atoms with Crippen molar-refractivity contribution in [1.82, 2.24) is 9.29 Å². The molecule has 174 valence electrons. The molecule has 2 aliphatic heterocycles. The number of thioether (sulfide) groups is 1. The van der Waals surface area contributed by atoms with Gasteiger partial charge in [-0.15, -0.1) is 11.8 Å². The maximum atomic E-state index is 13.3. The number of morpholine rings is 1. The zero-order valence-corrected chi connectivity index (χ0v) is 20.7. The van der Waals surface area contributed by atoms with Gasteiger partial charge in [0.15, 0.2) is 5.13 Å². The highest BCUT2D eigenvalue weighted by atomic mass is 32.2. The summed E-state index contributed by atoms with van der Waals surface area (Å²) in [5, 5.41) is 3.39. The second kappa shape index (κ2) is 10.1. The lowest BCUT2D eigenvalue weighted by Gasteiger charge is -2.31. The van der Waals surface area contributed by atoms with Crippen LogP contribution in [0, 0.1) is 6.92 Å². The van der Waals surface area contributed by atoms with Gasteiger partial charge in [-0.05, 0) is 44.2 Å². The summed E-state index contributed by atoms with van der Waals surface area (Å²) in [5.74, 6) is -0.358. The van der Waals surface area contributed by atoms with E-state index in [1.165, 1.54) is 21.7 Å². The van der Waals surface area contributed by atoms with Crippen molar-refractivity contribution in [3.8, 4) is 0 Å². The summed E-state index contributed by atoms with van der Waals surface area (Å²) in [6.07, 6.45) is 4.73. The fraction of sp³-hybridized carbons (Fsp3) is 0.524. The van der Waals surface area contributed by atoms with Crippen LogP contribution in [-0.4, -0.2) is 69.3 Å². The molecule has 2 fully saturated rings.